The Kier molecular flexibility index (Phi) is 7.33. The molecule has 0 unspecified atom stereocenters. The fourth-order valence-electron chi connectivity index (χ4n) is 3.19. The number of hydrogen-bond acceptors (Lipinski definition) is 4. The Bertz CT molecular complexity index is 1370. The Morgan fingerprint density at radius 2 is 1.85 bits per heavy atom. The molecule has 1 aliphatic heterocycles. The summed E-state index contributed by atoms with van der Waals surface area (Å²) in [5, 5.41) is 3.26. The van der Waals surface area contributed by atoms with Gasteiger partial charge in [0.15, 0.2) is 5.11 Å². The van der Waals surface area contributed by atoms with E-state index in [1.807, 2.05) is 0 Å². The van der Waals surface area contributed by atoms with Crippen LogP contribution in [-0.2, 0) is 16.2 Å². The SMILES string of the molecule is O=C1NC(=S)N(c2ccccc2F)C(=O)/C1=C/c1ccc(OCc2ccc(Cl)cc2Cl)c(Br)c1. The summed E-state index contributed by atoms with van der Waals surface area (Å²) in [6, 6.07) is 15.9. The van der Waals surface area contributed by atoms with Crippen molar-refractivity contribution in [2.45, 2.75) is 6.61 Å². The van der Waals surface area contributed by atoms with E-state index in [0.717, 1.165) is 10.5 Å². The van der Waals surface area contributed by atoms with Gasteiger partial charge in [0.2, 0.25) is 0 Å². The Morgan fingerprint density at radius 3 is 2.56 bits per heavy atom. The highest BCUT2D eigenvalue weighted by molar-refractivity contribution is 9.10. The number of nitrogens with zero attached hydrogens (tertiary/aromatic N) is 1. The zero-order valence-electron chi connectivity index (χ0n) is 17.2. The van der Waals surface area contributed by atoms with E-state index in [9.17, 15) is 14.0 Å². The number of carbonyl (C=O) groups is 2. The minimum Gasteiger partial charge on any atom is -0.488 e. The first kappa shape index (κ1) is 24.3. The Labute approximate surface area is 218 Å². The summed E-state index contributed by atoms with van der Waals surface area (Å²) in [5.74, 6) is -1.51. The second-order valence-electron chi connectivity index (χ2n) is 7.12. The van der Waals surface area contributed by atoms with Crippen LogP contribution in [0.4, 0.5) is 10.1 Å². The molecular formula is C24H14BrCl2FN2O3S. The van der Waals surface area contributed by atoms with Crippen LogP contribution in [0.3, 0.4) is 0 Å². The van der Waals surface area contributed by atoms with Crippen molar-refractivity contribution < 1.29 is 18.7 Å². The molecule has 1 fully saturated rings. The first-order valence-corrected chi connectivity index (χ1v) is 11.7. The van der Waals surface area contributed by atoms with Crippen LogP contribution in [0.25, 0.3) is 6.08 Å². The van der Waals surface area contributed by atoms with Gasteiger partial charge in [0.05, 0.1) is 10.2 Å². The van der Waals surface area contributed by atoms with E-state index >= 15 is 0 Å². The molecule has 0 bridgehead atoms. The number of ether oxygens (including phenoxy) is 1. The first-order chi connectivity index (χ1) is 16.2. The zero-order valence-corrected chi connectivity index (χ0v) is 21.1. The highest BCUT2D eigenvalue weighted by Gasteiger charge is 2.35. The molecule has 0 radical (unpaired) electrons. The first-order valence-electron chi connectivity index (χ1n) is 9.77. The average Bonchev–Trinajstić information content (AvgIpc) is 2.78. The molecule has 3 aromatic carbocycles. The fourth-order valence-corrected chi connectivity index (χ4v) is 4.44. The number of benzene rings is 3. The molecular weight excluding hydrogens is 566 g/mol. The molecule has 2 amide bonds. The van der Waals surface area contributed by atoms with Crippen molar-refractivity contribution in [1.82, 2.24) is 5.32 Å². The van der Waals surface area contributed by atoms with Gasteiger partial charge < -0.3 is 4.74 Å². The fraction of sp³-hybridized carbons (Fsp3) is 0.0417. The van der Waals surface area contributed by atoms with Gasteiger partial charge in [0.25, 0.3) is 11.8 Å². The maximum atomic E-state index is 14.3. The molecule has 0 saturated carbocycles. The standard InChI is InChI=1S/C24H14BrCl2FN2O3S/c25-17-10-13(5-8-21(17)33-12-14-6-7-15(26)11-18(14)27)9-16-22(31)29-24(34)30(23(16)32)20-4-2-1-3-19(20)28/h1-11H,12H2,(H,29,31,34)/b16-9+. The van der Waals surface area contributed by atoms with Gasteiger partial charge >= 0.3 is 0 Å². The third-order valence-electron chi connectivity index (χ3n) is 4.86. The predicted molar refractivity (Wildman–Crippen MR) is 138 cm³/mol. The smallest absolute Gasteiger partial charge is 0.270 e. The van der Waals surface area contributed by atoms with Crippen LogP contribution >= 0.6 is 51.3 Å². The van der Waals surface area contributed by atoms with Gasteiger partial charge in [0, 0.05) is 15.6 Å². The number of carbonyl (C=O) groups excluding carboxylic acids is 2. The van der Waals surface area contributed by atoms with Gasteiger partial charge in [-0.3, -0.25) is 14.9 Å². The molecule has 1 saturated heterocycles. The van der Waals surface area contributed by atoms with E-state index in [2.05, 4.69) is 21.2 Å². The van der Waals surface area contributed by atoms with Gasteiger partial charge in [-0.05, 0) is 76.2 Å². The van der Waals surface area contributed by atoms with E-state index < -0.39 is 17.6 Å². The maximum absolute atomic E-state index is 14.3. The van der Waals surface area contributed by atoms with Crippen molar-refractivity contribution in [1.29, 1.82) is 0 Å². The van der Waals surface area contributed by atoms with Crippen LogP contribution < -0.4 is 15.0 Å². The molecule has 1 N–H and O–H groups in total. The van der Waals surface area contributed by atoms with Gasteiger partial charge in [-0.15, -0.1) is 0 Å². The molecule has 0 aliphatic carbocycles. The molecule has 172 valence electrons. The second kappa shape index (κ2) is 10.2. The minimum absolute atomic E-state index is 0.0470. The highest BCUT2D eigenvalue weighted by Crippen LogP contribution is 2.30. The molecule has 0 atom stereocenters. The zero-order chi connectivity index (χ0) is 24.4. The number of halogens is 4. The number of anilines is 1. The van der Waals surface area contributed by atoms with E-state index in [1.54, 1.807) is 42.5 Å². The summed E-state index contributed by atoms with van der Waals surface area (Å²) >= 11 is 20.6. The molecule has 34 heavy (non-hydrogen) atoms. The van der Waals surface area contributed by atoms with E-state index in [-0.39, 0.29) is 23.0 Å². The molecule has 0 spiro atoms. The number of amides is 2. The van der Waals surface area contributed by atoms with Gasteiger partial charge in [0.1, 0.15) is 23.7 Å². The van der Waals surface area contributed by atoms with Gasteiger partial charge in [-0.1, -0.05) is 47.5 Å². The van der Waals surface area contributed by atoms with Crippen LogP contribution in [-0.4, -0.2) is 16.9 Å². The van der Waals surface area contributed by atoms with Gasteiger partial charge in [-0.25, -0.2) is 9.29 Å². The average molecular weight is 580 g/mol. The third kappa shape index (κ3) is 5.15. The Morgan fingerprint density at radius 1 is 1.09 bits per heavy atom. The van der Waals surface area contributed by atoms with Crippen molar-refractivity contribution in [3.05, 3.63) is 97.7 Å². The van der Waals surface area contributed by atoms with Crippen LogP contribution in [0.1, 0.15) is 11.1 Å². The number of thiocarbonyl (C=S) groups is 1. The lowest BCUT2D eigenvalue weighted by atomic mass is 10.1. The quantitative estimate of drug-likeness (QED) is 0.219. The highest BCUT2D eigenvalue weighted by atomic mass is 79.9. The van der Waals surface area contributed by atoms with E-state index in [4.69, 9.17) is 40.2 Å². The number of rotatable bonds is 5. The van der Waals surface area contributed by atoms with Crippen molar-refractivity contribution in [2.75, 3.05) is 4.90 Å². The lowest BCUT2D eigenvalue weighted by molar-refractivity contribution is -0.122. The summed E-state index contributed by atoms with van der Waals surface area (Å²) in [7, 11) is 0. The summed E-state index contributed by atoms with van der Waals surface area (Å²) < 4.78 is 20.7. The monoisotopic (exact) mass is 578 g/mol. The molecule has 1 aliphatic rings. The van der Waals surface area contributed by atoms with Gasteiger partial charge in [-0.2, -0.15) is 0 Å². The van der Waals surface area contributed by atoms with E-state index in [1.165, 1.54) is 24.3 Å². The number of hydrogen-bond donors (Lipinski definition) is 1. The van der Waals surface area contributed by atoms with Crippen molar-refractivity contribution in [3.8, 4) is 5.75 Å². The van der Waals surface area contributed by atoms with Crippen LogP contribution in [0.15, 0.2) is 70.7 Å². The minimum atomic E-state index is -0.729. The lowest BCUT2D eigenvalue weighted by Crippen LogP contribution is -2.54. The molecule has 4 rings (SSSR count). The molecule has 0 aromatic heterocycles. The topological polar surface area (TPSA) is 58.6 Å². The maximum Gasteiger partial charge on any atom is 0.270 e. The number of nitrogens with one attached hydrogen (secondary N) is 1. The Balaban J connectivity index is 1.57. The lowest BCUT2D eigenvalue weighted by Gasteiger charge is -2.29. The van der Waals surface area contributed by atoms with Crippen molar-refractivity contribution in [2.24, 2.45) is 0 Å². The van der Waals surface area contributed by atoms with Crippen LogP contribution in [0, 0.1) is 5.82 Å². The third-order valence-corrected chi connectivity index (χ3v) is 6.35. The predicted octanol–water partition coefficient (Wildman–Crippen LogP) is 6.31. The van der Waals surface area contributed by atoms with Crippen LogP contribution in [0.2, 0.25) is 10.0 Å². The summed E-state index contributed by atoms with van der Waals surface area (Å²) in [6.45, 7) is 0.213. The largest absolute Gasteiger partial charge is 0.488 e. The summed E-state index contributed by atoms with van der Waals surface area (Å²) in [6.07, 6.45) is 1.40. The van der Waals surface area contributed by atoms with E-state index in [0.29, 0.717) is 25.8 Å². The van der Waals surface area contributed by atoms with Crippen molar-refractivity contribution >= 4 is 80.0 Å². The molecule has 5 nitrogen and oxygen atoms in total. The Hall–Kier alpha value is -2.78. The molecule has 3 aromatic rings. The van der Waals surface area contributed by atoms with Crippen LogP contribution in [0.5, 0.6) is 5.75 Å². The second-order valence-corrected chi connectivity index (χ2v) is 9.21. The molecule has 1 heterocycles. The normalized spacial score (nSPS) is 15.0. The summed E-state index contributed by atoms with van der Waals surface area (Å²) in [4.78, 5) is 26.5. The summed E-state index contributed by atoms with van der Waals surface area (Å²) in [5.41, 5.74) is 1.07. The van der Waals surface area contributed by atoms with Crippen molar-refractivity contribution in [3.63, 3.8) is 0 Å². The molecule has 10 heteroatoms. The number of para-hydroxylation sites is 1.